The zero-order chi connectivity index (χ0) is 20.1. The van der Waals surface area contributed by atoms with Crippen LogP contribution in [0.3, 0.4) is 0 Å². The van der Waals surface area contributed by atoms with E-state index >= 15 is 0 Å². The summed E-state index contributed by atoms with van der Waals surface area (Å²) in [6.45, 7) is 4.70. The highest BCUT2D eigenvalue weighted by Crippen LogP contribution is 2.37. The number of thioether (sulfide) groups is 1. The number of amides is 1. The molecule has 1 amide bonds. The van der Waals surface area contributed by atoms with Crippen LogP contribution in [-0.4, -0.2) is 41.3 Å². The Morgan fingerprint density at radius 2 is 1.93 bits per heavy atom. The summed E-state index contributed by atoms with van der Waals surface area (Å²) in [5.41, 5.74) is 1.26. The minimum absolute atomic E-state index is 0.0221. The van der Waals surface area contributed by atoms with Crippen LogP contribution in [-0.2, 0) is 4.79 Å². The van der Waals surface area contributed by atoms with Crippen molar-refractivity contribution in [3.63, 3.8) is 0 Å². The summed E-state index contributed by atoms with van der Waals surface area (Å²) in [5.74, 6) is 1.03. The molecule has 6 nitrogen and oxygen atoms in total. The lowest BCUT2D eigenvalue weighted by Crippen LogP contribution is -2.28. The van der Waals surface area contributed by atoms with Gasteiger partial charge in [-0.15, -0.1) is 0 Å². The molecule has 1 N–H and O–H groups in total. The molecule has 146 valence electrons. The lowest BCUT2D eigenvalue weighted by molar-refractivity contribution is -0.122. The van der Waals surface area contributed by atoms with Gasteiger partial charge < -0.3 is 14.6 Å². The fraction of sp³-hybridized carbons (Fsp3) is 0.238. The van der Waals surface area contributed by atoms with Crippen molar-refractivity contribution in [1.82, 2.24) is 4.90 Å². The van der Waals surface area contributed by atoms with Gasteiger partial charge in [0.2, 0.25) is 0 Å². The third-order valence-corrected chi connectivity index (χ3v) is 5.12. The molecule has 0 unspecified atom stereocenters. The van der Waals surface area contributed by atoms with Crippen LogP contribution in [0, 0.1) is 0 Å². The number of carbonyl (C=O) groups is 1. The van der Waals surface area contributed by atoms with Crippen molar-refractivity contribution >= 4 is 34.6 Å². The number of benzene rings is 2. The standard InChI is InChI=1S/C21H22N2O4S/c1-4-23-20(25)18(13-14-7-6-8-17(19(14)24)27-5-2)28-21(23)22-15-9-11-16(26-3)12-10-15/h6-13,24H,4-5H2,1-3H3/b18-13-,22-21?. The molecule has 0 saturated carbocycles. The summed E-state index contributed by atoms with van der Waals surface area (Å²) in [6, 6.07) is 12.5. The maximum absolute atomic E-state index is 12.8. The normalized spacial score (nSPS) is 16.8. The van der Waals surface area contributed by atoms with Crippen LogP contribution in [0.1, 0.15) is 19.4 Å². The topological polar surface area (TPSA) is 71.4 Å². The third kappa shape index (κ3) is 4.14. The van der Waals surface area contributed by atoms with Gasteiger partial charge >= 0.3 is 0 Å². The largest absolute Gasteiger partial charge is 0.504 e. The van der Waals surface area contributed by atoms with Gasteiger partial charge in [0, 0.05) is 12.1 Å². The average molecular weight is 398 g/mol. The highest BCUT2D eigenvalue weighted by atomic mass is 32.2. The zero-order valence-electron chi connectivity index (χ0n) is 16.0. The summed E-state index contributed by atoms with van der Waals surface area (Å²) in [6.07, 6.45) is 1.67. The van der Waals surface area contributed by atoms with Crippen molar-refractivity contribution in [2.75, 3.05) is 20.3 Å². The van der Waals surface area contributed by atoms with Crippen molar-refractivity contribution in [2.45, 2.75) is 13.8 Å². The van der Waals surface area contributed by atoms with Gasteiger partial charge in [-0.05, 0) is 62.0 Å². The van der Waals surface area contributed by atoms with E-state index in [9.17, 15) is 9.90 Å². The molecule has 0 aliphatic carbocycles. The van der Waals surface area contributed by atoms with Crippen molar-refractivity contribution in [3.8, 4) is 17.2 Å². The van der Waals surface area contributed by atoms with E-state index in [0.29, 0.717) is 34.5 Å². The van der Waals surface area contributed by atoms with Crippen molar-refractivity contribution in [3.05, 3.63) is 52.9 Å². The number of rotatable bonds is 6. The highest BCUT2D eigenvalue weighted by molar-refractivity contribution is 8.18. The third-order valence-electron chi connectivity index (χ3n) is 4.12. The second-order valence-electron chi connectivity index (χ2n) is 5.88. The highest BCUT2D eigenvalue weighted by Gasteiger charge is 2.32. The van der Waals surface area contributed by atoms with E-state index < -0.39 is 0 Å². The second kappa shape index (κ2) is 8.84. The van der Waals surface area contributed by atoms with Gasteiger partial charge in [-0.2, -0.15) is 0 Å². The molecule has 3 rings (SSSR count). The van der Waals surface area contributed by atoms with Gasteiger partial charge in [-0.3, -0.25) is 9.69 Å². The second-order valence-corrected chi connectivity index (χ2v) is 6.89. The number of likely N-dealkylation sites (N-methyl/N-ethyl adjacent to an activating group) is 1. The molecule has 0 radical (unpaired) electrons. The summed E-state index contributed by atoms with van der Waals surface area (Å²) in [4.78, 5) is 19.5. The predicted octanol–water partition coefficient (Wildman–Crippen LogP) is 4.42. The van der Waals surface area contributed by atoms with Crippen molar-refractivity contribution in [1.29, 1.82) is 0 Å². The van der Waals surface area contributed by atoms with Crippen LogP contribution >= 0.6 is 11.8 Å². The van der Waals surface area contributed by atoms with Crippen LogP contribution in [0.4, 0.5) is 5.69 Å². The molecule has 0 spiro atoms. The molecule has 0 bridgehead atoms. The Hall–Kier alpha value is -2.93. The summed E-state index contributed by atoms with van der Waals surface area (Å²) in [7, 11) is 1.61. The molecule has 1 aliphatic rings. The summed E-state index contributed by atoms with van der Waals surface area (Å²) in [5, 5.41) is 11.0. The molecule has 1 aliphatic heterocycles. The predicted molar refractivity (Wildman–Crippen MR) is 112 cm³/mol. The van der Waals surface area contributed by atoms with Gasteiger partial charge in [0.1, 0.15) is 5.75 Å². The number of hydrogen-bond donors (Lipinski definition) is 1. The number of nitrogens with zero attached hydrogens (tertiary/aromatic N) is 2. The Morgan fingerprint density at radius 3 is 2.57 bits per heavy atom. The van der Waals surface area contributed by atoms with E-state index in [1.807, 2.05) is 38.1 Å². The molecule has 7 heteroatoms. The Morgan fingerprint density at radius 1 is 1.18 bits per heavy atom. The van der Waals surface area contributed by atoms with Crippen LogP contribution < -0.4 is 9.47 Å². The van der Waals surface area contributed by atoms with Gasteiger partial charge in [0.05, 0.1) is 24.3 Å². The fourth-order valence-electron chi connectivity index (χ4n) is 2.71. The summed E-state index contributed by atoms with van der Waals surface area (Å²) >= 11 is 1.28. The lowest BCUT2D eigenvalue weighted by atomic mass is 10.1. The molecule has 1 heterocycles. The maximum Gasteiger partial charge on any atom is 0.266 e. The molecule has 1 fully saturated rings. The Kier molecular flexibility index (Phi) is 6.26. The van der Waals surface area contributed by atoms with E-state index in [1.165, 1.54) is 11.8 Å². The molecular formula is C21H22N2O4S. The Labute approximate surface area is 168 Å². The molecule has 2 aromatic carbocycles. The number of aliphatic imine (C=N–C) groups is 1. The minimum atomic E-state index is -0.138. The first-order valence-electron chi connectivity index (χ1n) is 8.96. The van der Waals surface area contributed by atoms with Crippen LogP contribution in [0.2, 0.25) is 0 Å². The molecule has 1 saturated heterocycles. The van der Waals surface area contributed by atoms with E-state index in [4.69, 9.17) is 9.47 Å². The lowest BCUT2D eigenvalue weighted by Gasteiger charge is -2.12. The van der Waals surface area contributed by atoms with E-state index in [0.717, 1.165) is 11.4 Å². The first-order valence-corrected chi connectivity index (χ1v) is 9.78. The SMILES string of the molecule is CCOc1cccc(/C=C2\SC(=Nc3ccc(OC)cc3)N(CC)C2=O)c1O. The van der Waals surface area contributed by atoms with E-state index in [2.05, 4.69) is 4.99 Å². The van der Waals surface area contributed by atoms with Crippen LogP contribution in [0.25, 0.3) is 6.08 Å². The van der Waals surface area contributed by atoms with Gasteiger partial charge in [0.25, 0.3) is 5.91 Å². The molecule has 2 aromatic rings. The quantitative estimate of drug-likeness (QED) is 0.729. The Balaban J connectivity index is 1.92. The van der Waals surface area contributed by atoms with Gasteiger partial charge in [-0.25, -0.2) is 4.99 Å². The smallest absolute Gasteiger partial charge is 0.266 e. The minimum Gasteiger partial charge on any atom is -0.504 e. The molecular weight excluding hydrogens is 376 g/mol. The molecule has 28 heavy (non-hydrogen) atoms. The fourth-order valence-corrected chi connectivity index (χ4v) is 3.76. The number of methoxy groups -OCH3 is 1. The number of phenols is 1. The van der Waals surface area contributed by atoms with Gasteiger partial charge in [-0.1, -0.05) is 12.1 Å². The maximum atomic E-state index is 12.8. The van der Waals surface area contributed by atoms with Crippen molar-refractivity contribution < 1.29 is 19.4 Å². The van der Waals surface area contributed by atoms with Crippen LogP contribution in [0.5, 0.6) is 17.2 Å². The Bertz CT molecular complexity index is 923. The monoisotopic (exact) mass is 398 g/mol. The number of phenolic OH excluding ortho intramolecular Hbond substituents is 1. The molecule has 0 atom stereocenters. The number of carbonyl (C=O) groups excluding carboxylic acids is 1. The van der Waals surface area contributed by atoms with E-state index in [1.54, 1.807) is 36.3 Å². The number of hydrogen-bond acceptors (Lipinski definition) is 6. The number of para-hydroxylation sites is 1. The summed E-state index contributed by atoms with van der Waals surface area (Å²) < 4.78 is 10.6. The zero-order valence-corrected chi connectivity index (χ0v) is 16.8. The number of amidine groups is 1. The average Bonchev–Trinajstić information content (AvgIpc) is 3.00. The number of aromatic hydroxyl groups is 1. The van der Waals surface area contributed by atoms with Crippen LogP contribution in [0.15, 0.2) is 52.4 Å². The van der Waals surface area contributed by atoms with Crippen molar-refractivity contribution in [2.24, 2.45) is 4.99 Å². The number of ether oxygens (including phenoxy) is 2. The first kappa shape index (κ1) is 19.8. The molecule has 0 aromatic heterocycles. The van der Waals surface area contributed by atoms with Gasteiger partial charge in [0.15, 0.2) is 16.7 Å². The van der Waals surface area contributed by atoms with E-state index in [-0.39, 0.29) is 11.7 Å². The first-order chi connectivity index (χ1) is 13.6.